The predicted molar refractivity (Wildman–Crippen MR) is 59.6 cm³/mol. The Morgan fingerprint density at radius 1 is 1.53 bits per heavy atom. The Kier molecular flexibility index (Phi) is 3.56. The molecule has 0 fully saturated rings. The first-order chi connectivity index (χ1) is 8.72. The van der Waals surface area contributed by atoms with Gasteiger partial charge in [-0.3, -0.25) is 0 Å². The molecule has 1 aromatic rings. The summed E-state index contributed by atoms with van der Waals surface area (Å²) in [6.45, 7) is 1.21. The van der Waals surface area contributed by atoms with Crippen molar-refractivity contribution in [3.63, 3.8) is 0 Å². The summed E-state index contributed by atoms with van der Waals surface area (Å²) >= 11 is 0. The van der Waals surface area contributed by atoms with Crippen molar-refractivity contribution in [2.75, 3.05) is 0 Å². The second kappa shape index (κ2) is 4.75. The fraction of sp³-hybridized carbons (Fsp3) is 0.778. The molecule has 6 nitrogen and oxygen atoms in total. The number of halogens is 3. The standard InChI is InChI=1S/C9H13F3N4O2S/c1-6(9(10,11)12)19(17,18)15-7-3-2-4-16-8(7)13-5-14-16/h5-7,15H,2-4H2,1H3/t6-,7-/m1/s1. The van der Waals surface area contributed by atoms with Gasteiger partial charge in [0.2, 0.25) is 10.0 Å². The molecule has 108 valence electrons. The highest BCUT2D eigenvalue weighted by atomic mass is 32.2. The van der Waals surface area contributed by atoms with Crippen LogP contribution in [0.2, 0.25) is 0 Å². The van der Waals surface area contributed by atoms with Crippen LogP contribution in [0.5, 0.6) is 0 Å². The molecule has 2 atom stereocenters. The van der Waals surface area contributed by atoms with Crippen LogP contribution in [0, 0.1) is 0 Å². The van der Waals surface area contributed by atoms with Gasteiger partial charge in [-0.05, 0) is 19.8 Å². The van der Waals surface area contributed by atoms with Gasteiger partial charge >= 0.3 is 6.18 Å². The molecular formula is C9H13F3N4O2S. The van der Waals surface area contributed by atoms with E-state index >= 15 is 0 Å². The van der Waals surface area contributed by atoms with Crippen LogP contribution in [0.4, 0.5) is 13.2 Å². The Hall–Kier alpha value is -1.16. The highest BCUT2D eigenvalue weighted by Gasteiger charge is 2.46. The lowest BCUT2D eigenvalue weighted by Crippen LogP contribution is -2.44. The lowest BCUT2D eigenvalue weighted by molar-refractivity contribution is -0.127. The molecule has 2 heterocycles. The lowest BCUT2D eigenvalue weighted by Gasteiger charge is -2.25. The Labute approximate surface area is 108 Å². The van der Waals surface area contributed by atoms with Crippen molar-refractivity contribution in [2.24, 2.45) is 0 Å². The van der Waals surface area contributed by atoms with E-state index in [1.165, 1.54) is 11.0 Å². The van der Waals surface area contributed by atoms with Gasteiger partial charge in [0.1, 0.15) is 12.2 Å². The Bertz CT molecular complexity index is 554. The van der Waals surface area contributed by atoms with Crippen molar-refractivity contribution in [3.8, 4) is 0 Å². The Morgan fingerprint density at radius 3 is 2.84 bits per heavy atom. The third kappa shape index (κ3) is 2.89. The van der Waals surface area contributed by atoms with Crippen molar-refractivity contribution in [2.45, 2.75) is 43.8 Å². The number of nitrogens with zero attached hydrogens (tertiary/aromatic N) is 3. The van der Waals surface area contributed by atoms with Crippen LogP contribution >= 0.6 is 0 Å². The quantitative estimate of drug-likeness (QED) is 0.902. The number of nitrogens with one attached hydrogen (secondary N) is 1. The molecule has 1 aromatic heterocycles. The number of aromatic nitrogens is 3. The molecule has 0 amide bonds. The normalized spacial score (nSPS) is 22.0. The molecule has 0 spiro atoms. The molecule has 1 aliphatic rings. The van der Waals surface area contributed by atoms with E-state index in [4.69, 9.17) is 0 Å². The molecule has 0 saturated carbocycles. The molecule has 10 heteroatoms. The maximum absolute atomic E-state index is 12.5. The number of sulfonamides is 1. The molecule has 0 unspecified atom stereocenters. The number of fused-ring (bicyclic) bond motifs is 1. The van der Waals surface area contributed by atoms with Crippen LogP contribution in [0.1, 0.15) is 31.6 Å². The van der Waals surface area contributed by atoms with E-state index in [-0.39, 0.29) is 0 Å². The second-order valence-electron chi connectivity index (χ2n) is 4.38. The molecule has 1 N–H and O–H groups in total. The maximum Gasteiger partial charge on any atom is 0.406 e. The summed E-state index contributed by atoms with van der Waals surface area (Å²) in [6.07, 6.45) is -2.50. The molecule has 0 radical (unpaired) electrons. The molecule has 1 aliphatic heterocycles. The zero-order chi connectivity index (χ0) is 14.3. The van der Waals surface area contributed by atoms with E-state index in [1.807, 2.05) is 0 Å². The number of hydrogen-bond acceptors (Lipinski definition) is 4. The predicted octanol–water partition coefficient (Wildman–Crippen LogP) is 0.983. The van der Waals surface area contributed by atoms with Gasteiger partial charge in [-0.2, -0.15) is 18.3 Å². The van der Waals surface area contributed by atoms with Crippen molar-refractivity contribution in [1.82, 2.24) is 19.5 Å². The topological polar surface area (TPSA) is 76.9 Å². The summed E-state index contributed by atoms with van der Waals surface area (Å²) in [7, 11) is -4.49. The van der Waals surface area contributed by atoms with E-state index in [0.717, 1.165) is 0 Å². The summed E-state index contributed by atoms with van der Waals surface area (Å²) in [6, 6.07) is -0.758. The average molecular weight is 298 g/mol. The highest BCUT2D eigenvalue weighted by Crippen LogP contribution is 2.28. The zero-order valence-corrected chi connectivity index (χ0v) is 10.9. The van der Waals surface area contributed by atoms with Gasteiger partial charge in [0.05, 0.1) is 6.04 Å². The first-order valence-corrected chi connectivity index (χ1v) is 7.22. The van der Waals surface area contributed by atoms with E-state index in [9.17, 15) is 21.6 Å². The minimum atomic E-state index is -4.80. The molecule has 0 aromatic carbocycles. The van der Waals surface area contributed by atoms with Crippen LogP contribution in [-0.2, 0) is 16.6 Å². The maximum atomic E-state index is 12.5. The molecule has 0 bridgehead atoms. The third-order valence-corrected chi connectivity index (χ3v) is 4.86. The number of alkyl halides is 3. The number of rotatable bonds is 3. The second-order valence-corrected chi connectivity index (χ2v) is 6.42. The minimum absolute atomic E-state index is 0.351. The van der Waals surface area contributed by atoms with Gasteiger partial charge in [-0.25, -0.2) is 22.8 Å². The minimum Gasteiger partial charge on any atom is -0.248 e. The largest absolute Gasteiger partial charge is 0.406 e. The van der Waals surface area contributed by atoms with Gasteiger partial charge in [0.15, 0.2) is 5.25 Å². The fourth-order valence-corrected chi connectivity index (χ4v) is 3.05. The SMILES string of the molecule is C[C@H](C(F)(F)F)S(=O)(=O)N[C@@H]1CCCn2ncnc21. The average Bonchev–Trinajstić information content (AvgIpc) is 2.75. The van der Waals surface area contributed by atoms with Crippen molar-refractivity contribution >= 4 is 10.0 Å². The van der Waals surface area contributed by atoms with E-state index in [0.29, 0.717) is 32.1 Å². The summed E-state index contributed by atoms with van der Waals surface area (Å²) in [4.78, 5) is 3.89. The van der Waals surface area contributed by atoms with Crippen LogP contribution in [0.3, 0.4) is 0 Å². The highest BCUT2D eigenvalue weighted by molar-refractivity contribution is 7.90. The zero-order valence-electron chi connectivity index (χ0n) is 10.1. The van der Waals surface area contributed by atoms with Crippen molar-refractivity contribution in [1.29, 1.82) is 0 Å². The Balaban J connectivity index is 2.19. The van der Waals surface area contributed by atoms with Crippen LogP contribution < -0.4 is 4.72 Å². The van der Waals surface area contributed by atoms with Gasteiger partial charge < -0.3 is 0 Å². The van der Waals surface area contributed by atoms with Crippen LogP contribution in [0.15, 0.2) is 6.33 Å². The molecule has 0 aliphatic carbocycles. The monoisotopic (exact) mass is 298 g/mol. The molecule has 19 heavy (non-hydrogen) atoms. The van der Waals surface area contributed by atoms with E-state index < -0.39 is 27.5 Å². The molecular weight excluding hydrogens is 285 g/mol. The van der Waals surface area contributed by atoms with Gasteiger partial charge in [0, 0.05) is 6.54 Å². The van der Waals surface area contributed by atoms with Crippen LogP contribution in [-0.4, -0.2) is 34.6 Å². The van der Waals surface area contributed by atoms with Crippen LogP contribution in [0.25, 0.3) is 0 Å². The van der Waals surface area contributed by atoms with Crippen molar-refractivity contribution in [3.05, 3.63) is 12.2 Å². The summed E-state index contributed by atoms with van der Waals surface area (Å²) < 4.78 is 64.4. The number of aryl methyl sites for hydroxylation is 1. The number of hydrogen-bond donors (Lipinski definition) is 1. The van der Waals surface area contributed by atoms with Gasteiger partial charge in [-0.15, -0.1) is 0 Å². The third-order valence-electron chi connectivity index (χ3n) is 3.05. The first kappa shape index (κ1) is 14.3. The molecule has 0 saturated heterocycles. The first-order valence-electron chi connectivity index (χ1n) is 5.67. The van der Waals surface area contributed by atoms with E-state index in [1.54, 1.807) is 0 Å². The van der Waals surface area contributed by atoms with Crippen molar-refractivity contribution < 1.29 is 21.6 Å². The molecule has 2 rings (SSSR count). The lowest BCUT2D eigenvalue weighted by atomic mass is 10.1. The Morgan fingerprint density at radius 2 is 2.21 bits per heavy atom. The van der Waals surface area contributed by atoms with E-state index in [2.05, 4.69) is 14.8 Å². The van der Waals surface area contributed by atoms with Gasteiger partial charge in [-0.1, -0.05) is 0 Å². The van der Waals surface area contributed by atoms with Gasteiger partial charge in [0.25, 0.3) is 0 Å². The summed E-state index contributed by atoms with van der Waals surface area (Å²) in [5, 5.41) is 1.42. The fourth-order valence-electron chi connectivity index (χ4n) is 1.88. The summed E-state index contributed by atoms with van der Waals surface area (Å²) in [5.41, 5.74) is 0. The summed E-state index contributed by atoms with van der Waals surface area (Å²) in [5.74, 6) is 0.351. The smallest absolute Gasteiger partial charge is 0.248 e.